The molecule has 0 bridgehead atoms. The Morgan fingerprint density at radius 1 is 1.15 bits per heavy atom. The van der Waals surface area contributed by atoms with E-state index in [0.717, 1.165) is 22.6 Å². The van der Waals surface area contributed by atoms with Crippen LogP contribution in [0.25, 0.3) is 5.69 Å². The summed E-state index contributed by atoms with van der Waals surface area (Å²) in [7, 11) is 0. The predicted molar refractivity (Wildman–Crippen MR) is 124 cm³/mol. The molecule has 1 amide bonds. The summed E-state index contributed by atoms with van der Waals surface area (Å²) >= 11 is 5.97. The second-order valence-electron chi connectivity index (χ2n) is 7.55. The average molecular weight is 465 g/mol. The highest BCUT2D eigenvalue weighted by Crippen LogP contribution is 2.24. The maximum atomic E-state index is 14.4. The van der Waals surface area contributed by atoms with E-state index in [9.17, 15) is 9.18 Å². The number of nitrogens with zero attached hydrogens (tertiary/aromatic N) is 3. The summed E-state index contributed by atoms with van der Waals surface area (Å²) in [6, 6.07) is 15.3. The van der Waals surface area contributed by atoms with Crippen molar-refractivity contribution in [2.45, 2.75) is 26.8 Å². The minimum Gasteiger partial charge on any atom is -0.453 e. The molecule has 2 aromatic heterocycles. The Kier molecular flexibility index (Phi) is 6.70. The van der Waals surface area contributed by atoms with Gasteiger partial charge in [0.05, 0.1) is 24.0 Å². The van der Waals surface area contributed by atoms with Crippen molar-refractivity contribution >= 4 is 17.5 Å². The van der Waals surface area contributed by atoms with Crippen LogP contribution in [0, 0.1) is 19.7 Å². The zero-order valence-electron chi connectivity index (χ0n) is 18.2. The molecule has 0 saturated heterocycles. The Hall–Kier alpha value is -3.71. The molecule has 6 nitrogen and oxygen atoms in total. The van der Waals surface area contributed by atoms with Crippen molar-refractivity contribution < 1.29 is 13.9 Å². The number of rotatable bonds is 7. The molecule has 1 N–H and O–H groups in total. The van der Waals surface area contributed by atoms with Crippen LogP contribution in [-0.2, 0) is 17.8 Å². The van der Waals surface area contributed by atoms with Gasteiger partial charge in [-0.25, -0.2) is 9.07 Å². The van der Waals surface area contributed by atoms with Gasteiger partial charge >= 0.3 is 0 Å². The summed E-state index contributed by atoms with van der Waals surface area (Å²) in [6.45, 7) is 4.00. The van der Waals surface area contributed by atoms with Gasteiger partial charge in [0.1, 0.15) is 5.75 Å². The maximum absolute atomic E-state index is 14.4. The van der Waals surface area contributed by atoms with E-state index in [4.69, 9.17) is 16.3 Å². The molecule has 0 spiro atoms. The predicted octanol–water partition coefficient (Wildman–Crippen LogP) is 5.33. The van der Waals surface area contributed by atoms with Gasteiger partial charge < -0.3 is 10.1 Å². The maximum Gasteiger partial charge on any atom is 0.224 e. The summed E-state index contributed by atoms with van der Waals surface area (Å²) < 4.78 is 21.7. The fourth-order valence-electron chi connectivity index (χ4n) is 3.46. The van der Waals surface area contributed by atoms with Crippen molar-refractivity contribution in [2.75, 3.05) is 0 Å². The van der Waals surface area contributed by atoms with E-state index in [1.807, 2.05) is 26.0 Å². The lowest BCUT2D eigenvalue weighted by atomic mass is 10.1. The van der Waals surface area contributed by atoms with Crippen molar-refractivity contribution in [1.82, 2.24) is 20.1 Å². The third-order valence-corrected chi connectivity index (χ3v) is 5.45. The lowest BCUT2D eigenvalue weighted by Gasteiger charge is -2.09. The van der Waals surface area contributed by atoms with Crippen molar-refractivity contribution in [2.24, 2.45) is 0 Å². The third-order valence-electron chi connectivity index (χ3n) is 5.20. The largest absolute Gasteiger partial charge is 0.453 e. The molecule has 0 atom stereocenters. The quantitative estimate of drug-likeness (QED) is 0.401. The Morgan fingerprint density at radius 3 is 2.64 bits per heavy atom. The van der Waals surface area contributed by atoms with Crippen LogP contribution in [-0.4, -0.2) is 20.7 Å². The Bertz CT molecular complexity index is 1270. The number of carbonyl (C=O) groups excluding carboxylic acids is 1. The molecule has 0 unspecified atom stereocenters. The number of carbonyl (C=O) groups is 1. The van der Waals surface area contributed by atoms with Crippen molar-refractivity contribution in [3.63, 3.8) is 0 Å². The second-order valence-corrected chi connectivity index (χ2v) is 7.98. The van der Waals surface area contributed by atoms with Crippen molar-refractivity contribution in [1.29, 1.82) is 0 Å². The monoisotopic (exact) mass is 464 g/mol. The highest BCUT2D eigenvalue weighted by molar-refractivity contribution is 6.30. The van der Waals surface area contributed by atoms with Crippen LogP contribution in [0.15, 0.2) is 67.0 Å². The fraction of sp³-hybridized carbons (Fsp3) is 0.160. The SMILES string of the molecule is Cc1nn(-c2ccc(Cl)cc2)c(C)c1CC(=O)NCc1ccc(Oc2cccnc2)c(F)c1. The number of ether oxygens (including phenoxy) is 1. The van der Waals surface area contributed by atoms with Gasteiger partial charge in [-0.2, -0.15) is 5.10 Å². The molecule has 0 saturated carbocycles. The van der Waals surface area contributed by atoms with Crippen LogP contribution in [0.2, 0.25) is 5.02 Å². The molecule has 168 valence electrons. The van der Waals surface area contributed by atoms with Gasteiger partial charge in [0.15, 0.2) is 11.6 Å². The van der Waals surface area contributed by atoms with Crippen LogP contribution in [0.1, 0.15) is 22.5 Å². The second kappa shape index (κ2) is 9.83. The minimum atomic E-state index is -0.512. The van der Waals surface area contributed by atoms with Crippen molar-refractivity contribution in [3.05, 3.63) is 100 Å². The molecule has 0 aliphatic rings. The molecule has 2 heterocycles. The summed E-state index contributed by atoms with van der Waals surface area (Å²) in [5.74, 6) is -0.143. The lowest BCUT2D eigenvalue weighted by molar-refractivity contribution is -0.120. The van der Waals surface area contributed by atoms with E-state index in [1.54, 1.807) is 41.2 Å². The number of benzene rings is 2. The van der Waals surface area contributed by atoms with E-state index in [-0.39, 0.29) is 24.6 Å². The standard InChI is InChI=1S/C25H22ClFN4O2/c1-16-22(17(2)31(30-16)20-8-6-19(26)7-9-20)13-25(32)29-14-18-5-10-24(23(27)12-18)33-21-4-3-11-28-15-21/h3-12,15H,13-14H2,1-2H3,(H,29,32). The number of aromatic nitrogens is 3. The van der Waals surface area contributed by atoms with Gasteiger partial charge in [-0.1, -0.05) is 17.7 Å². The average Bonchev–Trinajstić information content (AvgIpc) is 3.09. The van der Waals surface area contributed by atoms with Gasteiger partial charge in [-0.3, -0.25) is 9.78 Å². The zero-order chi connectivity index (χ0) is 23.4. The normalized spacial score (nSPS) is 10.8. The van der Waals surface area contributed by atoms with E-state index in [1.165, 1.54) is 18.3 Å². The molecule has 2 aromatic carbocycles. The molecule has 4 aromatic rings. The number of aryl methyl sites for hydroxylation is 1. The summed E-state index contributed by atoms with van der Waals surface area (Å²) in [4.78, 5) is 16.5. The molecule has 0 radical (unpaired) electrons. The summed E-state index contributed by atoms with van der Waals surface area (Å²) in [5.41, 5.74) is 4.02. The van der Waals surface area contributed by atoms with Crippen LogP contribution in [0.5, 0.6) is 11.5 Å². The van der Waals surface area contributed by atoms with E-state index >= 15 is 0 Å². The molecular formula is C25H22ClFN4O2. The van der Waals surface area contributed by atoms with E-state index < -0.39 is 5.82 Å². The minimum absolute atomic E-state index is 0.0962. The summed E-state index contributed by atoms with van der Waals surface area (Å²) in [6.07, 6.45) is 3.29. The van der Waals surface area contributed by atoms with E-state index in [2.05, 4.69) is 15.4 Å². The molecule has 33 heavy (non-hydrogen) atoms. The van der Waals surface area contributed by atoms with Gasteiger partial charge in [0.2, 0.25) is 5.91 Å². The van der Waals surface area contributed by atoms with Gasteiger partial charge in [-0.05, 0) is 67.9 Å². The molecule has 0 aliphatic carbocycles. The molecule has 4 rings (SSSR count). The van der Waals surface area contributed by atoms with Gasteiger partial charge in [0, 0.05) is 29.0 Å². The zero-order valence-corrected chi connectivity index (χ0v) is 18.9. The Labute approximate surface area is 196 Å². The van der Waals surface area contributed by atoms with Crippen LogP contribution in [0.4, 0.5) is 4.39 Å². The topological polar surface area (TPSA) is 69.0 Å². The molecular weight excluding hydrogens is 443 g/mol. The van der Waals surface area contributed by atoms with E-state index in [0.29, 0.717) is 16.3 Å². The van der Waals surface area contributed by atoms with Gasteiger partial charge in [-0.15, -0.1) is 0 Å². The highest BCUT2D eigenvalue weighted by atomic mass is 35.5. The number of amides is 1. The van der Waals surface area contributed by atoms with Crippen LogP contribution >= 0.6 is 11.6 Å². The third kappa shape index (κ3) is 5.38. The number of pyridine rings is 1. The van der Waals surface area contributed by atoms with Crippen LogP contribution in [0.3, 0.4) is 0 Å². The smallest absolute Gasteiger partial charge is 0.224 e. The number of halogens is 2. The first-order valence-electron chi connectivity index (χ1n) is 10.3. The number of hydrogen-bond donors (Lipinski definition) is 1. The van der Waals surface area contributed by atoms with Gasteiger partial charge in [0.25, 0.3) is 0 Å². The number of hydrogen-bond acceptors (Lipinski definition) is 4. The highest BCUT2D eigenvalue weighted by Gasteiger charge is 2.16. The Balaban J connectivity index is 1.39. The first-order valence-corrected chi connectivity index (χ1v) is 10.7. The summed E-state index contributed by atoms with van der Waals surface area (Å²) in [5, 5.41) is 8.05. The first kappa shape index (κ1) is 22.5. The molecule has 8 heteroatoms. The van der Waals surface area contributed by atoms with Crippen LogP contribution < -0.4 is 10.1 Å². The fourth-order valence-corrected chi connectivity index (χ4v) is 3.59. The first-order chi connectivity index (χ1) is 15.9. The Morgan fingerprint density at radius 2 is 1.94 bits per heavy atom. The molecule has 0 aliphatic heterocycles. The number of nitrogens with one attached hydrogen (secondary N) is 1. The lowest BCUT2D eigenvalue weighted by Crippen LogP contribution is -2.25. The van der Waals surface area contributed by atoms with Crippen molar-refractivity contribution in [3.8, 4) is 17.2 Å². The molecule has 0 fully saturated rings.